The molecule has 3 N–H and O–H groups in total. The number of benzene rings is 1. The minimum absolute atomic E-state index is 0.0844. The summed E-state index contributed by atoms with van der Waals surface area (Å²) in [6.07, 6.45) is 5.66. The van der Waals surface area contributed by atoms with Crippen LogP contribution in [0.15, 0.2) is 18.2 Å². The standard InChI is InChI=1S/C15H21FN2O/c1-2-10-5-3-6-11(9-10)19-13-8-4-7-12(16)14(13)15(17)18/h4,7-8,10-11H,2-3,5-6,9H2,1H3,(H3,17,18). The van der Waals surface area contributed by atoms with Crippen LogP contribution in [0, 0.1) is 17.1 Å². The lowest BCUT2D eigenvalue weighted by molar-refractivity contribution is 0.121. The maximum Gasteiger partial charge on any atom is 0.137 e. The lowest BCUT2D eigenvalue weighted by Gasteiger charge is -2.29. The molecule has 104 valence electrons. The molecule has 0 bridgehead atoms. The molecule has 0 heterocycles. The molecule has 2 unspecified atom stereocenters. The highest BCUT2D eigenvalue weighted by molar-refractivity contribution is 5.97. The van der Waals surface area contributed by atoms with Crippen molar-refractivity contribution in [2.45, 2.75) is 45.1 Å². The number of nitrogens with two attached hydrogens (primary N) is 1. The van der Waals surface area contributed by atoms with Crippen LogP contribution in [0.25, 0.3) is 0 Å². The molecule has 0 amide bonds. The maximum absolute atomic E-state index is 13.7. The van der Waals surface area contributed by atoms with E-state index in [4.69, 9.17) is 15.9 Å². The van der Waals surface area contributed by atoms with Crippen molar-refractivity contribution in [2.75, 3.05) is 0 Å². The molecule has 1 aromatic carbocycles. The Bertz CT molecular complexity index is 461. The first-order valence-corrected chi connectivity index (χ1v) is 6.91. The normalized spacial score (nSPS) is 23.1. The van der Waals surface area contributed by atoms with E-state index in [0.29, 0.717) is 11.7 Å². The molecule has 1 aromatic rings. The number of nitrogen functional groups attached to an aromatic ring is 1. The van der Waals surface area contributed by atoms with Gasteiger partial charge in [-0.05, 0) is 37.3 Å². The van der Waals surface area contributed by atoms with E-state index < -0.39 is 5.82 Å². The van der Waals surface area contributed by atoms with Gasteiger partial charge in [0.1, 0.15) is 17.4 Å². The maximum atomic E-state index is 13.7. The van der Waals surface area contributed by atoms with E-state index in [-0.39, 0.29) is 17.5 Å². The smallest absolute Gasteiger partial charge is 0.137 e. The van der Waals surface area contributed by atoms with Gasteiger partial charge in [0.25, 0.3) is 0 Å². The highest BCUT2D eigenvalue weighted by Crippen LogP contribution is 2.31. The number of halogens is 1. The van der Waals surface area contributed by atoms with Crippen molar-refractivity contribution in [1.29, 1.82) is 5.41 Å². The number of amidine groups is 1. The van der Waals surface area contributed by atoms with Crippen LogP contribution in [0.3, 0.4) is 0 Å². The SMILES string of the molecule is CCC1CCCC(Oc2cccc(F)c2C(=N)N)C1. The molecule has 0 radical (unpaired) electrons. The van der Waals surface area contributed by atoms with E-state index >= 15 is 0 Å². The Hall–Kier alpha value is -1.58. The summed E-state index contributed by atoms with van der Waals surface area (Å²) < 4.78 is 19.6. The third kappa shape index (κ3) is 3.25. The van der Waals surface area contributed by atoms with Crippen LogP contribution < -0.4 is 10.5 Å². The molecule has 3 nitrogen and oxygen atoms in total. The van der Waals surface area contributed by atoms with Crippen LogP contribution in [0.2, 0.25) is 0 Å². The Balaban J connectivity index is 2.14. The Labute approximate surface area is 113 Å². The monoisotopic (exact) mass is 264 g/mol. The molecule has 0 aliphatic heterocycles. The van der Waals surface area contributed by atoms with E-state index in [1.807, 2.05) is 0 Å². The van der Waals surface area contributed by atoms with E-state index in [0.717, 1.165) is 25.7 Å². The van der Waals surface area contributed by atoms with Crippen molar-refractivity contribution in [3.8, 4) is 5.75 Å². The van der Waals surface area contributed by atoms with Gasteiger partial charge in [-0.15, -0.1) is 0 Å². The highest BCUT2D eigenvalue weighted by Gasteiger charge is 2.23. The molecular weight excluding hydrogens is 243 g/mol. The molecule has 0 spiro atoms. The minimum Gasteiger partial charge on any atom is -0.490 e. The minimum atomic E-state index is -0.493. The lowest BCUT2D eigenvalue weighted by atomic mass is 9.85. The first-order chi connectivity index (χ1) is 9.11. The van der Waals surface area contributed by atoms with Crippen molar-refractivity contribution >= 4 is 5.84 Å². The summed E-state index contributed by atoms with van der Waals surface area (Å²) in [6, 6.07) is 4.59. The molecule has 2 rings (SSSR count). The number of nitrogens with one attached hydrogen (secondary N) is 1. The molecule has 0 saturated heterocycles. The first kappa shape index (κ1) is 13.8. The number of hydrogen-bond acceptors (Lipinski definition) is 2. The second-order valence-electron chi connectivity index (χ2n) is 5.21. The van der Waals surface area contributed by atoms with Crippen LogP contribution in [0.4, 0.5) is 4.39 Å². The zero-order valence-electron chi connectivity index (χ0n) is 11.3. The summed E-state index contributed by atoms with van der Waals surface area (Å²) in [5.74, 6) is 0.311. The fourth-order valence-corrected chi connectivity index (χ4v) is 2.76. The van der Waals surface area contributed by atoms with Crippen LogP contribution >= 0.6 is 0 Å². The highest BCUT2D eigenvalue weighted by atomic mass is 19.1. The van der Waals surface area contributed by atoms with Crippen LogP contribution in [-0.4, -0.2) is 11.9 Å². The quantitative estimate of drug-likeness (QED) is 0.646. The van der Waals surface area contributed by atoms with E-state index in [2.05, 4.69) is 6.92 Å². The van der Waals surface area contributed by atoms with Gasteiger partial charge in [-0.25, -0.2) is 4.39 Å². The van der Waals surface area contributed by atoms with Gasteiger partial charge in [-0.1, -0.05) is 25.8 Å². The Kier molecular flexibility index (Phi) is 4.40. The fraction of sp³-hybridized carbons (Fsp3) is 0.533. The number of hydrogen-bond donors (Lipinski definition) is 2. The molecule has 2 atom stereocenters. The van der Waals surface area contributed by atoms with E-state index in [1.54, 1.807) is 12.1 Å². The van der Waals surface area contributed by atoms with E-state index in [9.17, 15) is 4.39 Å². The fourth-order valence-electron chi connectivity index (χ4n) is 2.76. The summed E-state index contributed by atoms with van der Waals surface area (Å²) in [4.78, 5) is 0. The van der Waals surface area contributed by atoms with Gasteiger partial charge in [-0.2, -0.15) is 0 Å². The summed E-state index contributed by atoms with van der Waals surface area (Å²) >= 11 is 0. The van der Waals surface area contributed by atoms with Crippen LogP contribution in [0.1, 0.15) is 44.6 Å². The Morgan fingerprint density at radius 1 is 1.47 bits per heavy atom. The summed E-state index contributed by atoms with van der Waals surface area (Å²) in [5.41, 5.74) is 5.52. The second-order valence-corrected chi connectivity index (χ2v) is 5.21. The average molecular weight is 264 g/mol. The van der Waals surface area contributed by atoms with Gasteiger partial charge in [0.2, 0.25) is 0 Å². The lowest BCUT2D eigenvalue weighted by Crippen LogP contribution is -2.26. The molecule has 0 aromatic heterocycles. The predicted molar refractivity (Wildman–Crippen MR) is 74.1 cm³/mol. The topological polar surface area (TPSA) is 59.1 Å². The van der Waals surface area contributed by atoms with Crippen LogP contribution in [-0.2, 0) is 0 Å². The molecule has 19 heavy (non-hydrogen) atoms. The van der Waals surface area contributed by atoms with Crippen molar-refractivity contribution in [1.82, 2.24) is 0 Å². The van der Waals surface area contributed by atoms with Gasteiger partial charge in [-0.3, -0.25) is 5.41 Å². The average Bonchev–Trinajstić information content (AvgIpc) is 2.38. The Morgan fingerprint density at radius 2 is 2.26 bits per heavy atom. The molecule has 4 heteroatoms. The number of rotatable bonds is 4. The largest absolute Gasteiger partial charge is 0.490 e. The predicted octanol–water partition coefficient (Wildman–Crippen LogP) is 3.46. The van der Waals surface area contributed by atoms with Crippen molar-refractivity contribution in [3.63, 3.8) is 0 Å². The van der Waals surface area contributed by atoms with Crippen molar-refractivity contribution < 1.29 is 9.13 Å². The van der Waals surface area contributed by atoms with Gasteiger partial charge in [0.05, 0.1) is 11.7 Å². The van der Waals surface area contributed by atoms with Gasteiger partial charge >= 0.3 is 0 Å². The summed E-state index contributed by atoms with van der Waals surface area (Å²) in [6.45, 7) is 2.19. The zero-order valence-corrected chi connectivity index (χ0v) is 11.3. The summed E-state index contributed by atoms with van der Waals surface area (Å²) in [7, 11) is 0. The third-order valence-corrected chi connectivity index (χ3v) is 3.85. The van der Waals surface area contributed by atoms with Crippen molar-refractivity contribution in [3.05, 3.63) is 29.6 Å². The molecule has 1 fully saturated rings. The third-order valence-electron chi connectivity index (χ3n) is 3.85. The van der Waals surface area contributed by atoms with Gasteiger partial charge < -0.3 is 10.5 Å². The molecule has 1 saturated carbocycles. The molecule has 1 aliphatic carbocycles. The molecular formula is C15H21FN2O. The summed E-state index contributed by atoms with van der Waals surface area (Å²) in [5, 5.41) is 7.47. The van der Waals surface area contributed by atoms with Gasteiger partial charge in [0, 0.05) is 0 Å². The van der Waals surface area contributed by atoms with Crippen molar-refractivity contribution in [2.24, 2.45) is 11.7 Å². The molecule has 1 aliphatic rings. The zero-order chi connectivity index (χ0) is 13.8. The van der Waals surface area contributed by atoms with Gasteiger partial charge in [0.15, 0.2) is 0 Å². The van der Waals surface area contributed by atoms with E-state index in [1.165, 1.54) is 12.5 Å². The van der Waals surface area contributed by atoms with Crippen LogP contribution in [0.5, 0.6) is 5.75 Å². The second kappa shape index (κ2) is 6.04. The first-order valence-electron chi connectivity index (χ1n) is 6.91. The number of ether oxygens (including phenoxy) is 1. The Morgan fingerprint density at radius 3 is 2.95 bits per heavy atom.